The van der Waals surface area contributed by atoms with Gasteiger partial charge in [-0.05, 0) is 47.1 Å². The van der Waals surface area contributed by atoms with E-state index in [0.29, 0.717) is 15.3 Å². The Morgan fingerprint density at radius 2 is 2.00 bits per heavy atom. The van der Waals surface area contributed by atoms with Crippen LogP contribution in [0.5, 0.6) is 0 Å². The zero-order valence-electron chi connectivity index (χ0n) is 11.5. The second-order valence-electron chi connectivity index (χ2n) is 4.43. The molecule has 0 spiro atoms. The van der Waals surface area contributed by atoms with Crippen LogP contribution in [-0.2, 0) is 16.6 Å². The highest BCUT2D eigenvalue weighted by Crippen LogP contribution is 2.29. The lowest BCUT2D eigenvalue weighted by atomic mass is 10.1. The number of nitrogens with zero attached hydrogens (tertiary/aromatic N) is 1. The minimum atomic E-state index is -3.95. The molecule has 1 rings (SSSR count). The van der Waals surface area contributed by atoms with Crippen molar-refractivity contribution in [1.29, 1.82) is 0 Å². The molecule has 0 aliphatic rings. The summed E-state index contributed by atoms with van der Waals surface area (Å²) in [4.78, 5) is 0.00546. The average molecular weight is 371 g/mol. The van der Waals surface area contributed by atoms with Gasteiger partial charge in [0.15, 0.2) is 0 Å². The summed E-state index contributed by atoms with van der Waals surface area (Å²) in [6.45, 7) is 1.43. The lowest BCUT2D eigenvalue weighted by Crippen LogP contribution is -2.31. The number of nitrogens with one attached hydrogen (secondary N) is 1. The van der Waals surface area contributed by atoms with Crippen LogP contribution < -0.4 is 5.32 Å². The van der Waals surface area contributed by atoms with E-state index in [1.807, 2.05) is 6.07 Å². The molecule has 0 unspecified atom stereocenters. The van der Waals surface area contributed by atoms with Crippen molar-refractivity contribution in [2.75, 3.05) is 20.6 Å². The standard InChI is InChI=1S/C12H17BrF2N2O2S/c1-8-4-9(6-16-2)5-10(12(8)13)20(18,19)17(3)7-11(14)15/h4-5,11,16H,6-7H2,1-3H3. The summed E-state index contributed by atoms with van der Waals surface area (Å²) in [6, 6.07) is 3.33. The summed E-state index contributed by atoms with van der Waals surface area (Å²) >= 11 is 3.22. The summed E-state index contributed by atoms with van der Waals surface area (Å²) in [7, 11) is -1.06. The van der Waals surface area contributed by atoms with Crippen LogP contribution in [0.25, 0.3) is 0 Å². The molecule has 0 saturated carbocycles. The van der Waals surface area contributed by atoms with Gasteiger partial charge in [0, 0.05) is 18.1 Å². The maximum absolute atomic E-state index is 12.4. The van der Waals surface area contributed by atoms with E-state index in [1.54, 1.807) is 14.0 Å². The van der Waals surface area contributed by atoms with Crippen LogP contribution in [0.15, 0.2) is 21.5 Å². The number of halogens is 3. The number of rotatable bonds is 6. The predicted octanol–water partition coefficient (Wildman–Crippen LogP) is 2.36. The third kappa shape index (κ3) is 3.97. The molecular formula is C12H17BrF2N2O2S. The lowest BCUT2D eigenvalue weighted by Gasteiger charge is -2.19. The molecule has 0 amide bonds. The second kappa shape index (κ2) is 6.93. The van der Waals surface area contributed by atoms with E-state index >= 15 is 0 Å². The quantitative estimate of drug-likeness (QED) is 0.835. The molecule has 0 fully saturated rings. The molecule has 8 heteroatoms. The number of alkyl halides is 2. The Morgan fingerprint density at radius 3 is 2.50 bits per heavy atom. The minimum Gasteiger partial charge on any atom is -0.316 e. The van der Waals surface area contributed by atoms with Crippen molar-refractivity contribution in [2.45, 2.75) is 24.8 Å². The lowest BCUT2D eigenvalue weighted by molar-refractivity contribution is 0.126. The predicted molar refractivity (Wildman–Crippen MR) is 77.5 cm³/mol. The van der Waals surface area contributed by atoms with Gasteiger partial charge in [0.2, 0.25) is 10.0 Å². The monoisotopic (exact) mass is 370 g/mol. The van der Waals surface area contributed by atoms with Gasteiger partial charge >= 0.3 is 0 Å². The van der Waals surface area contributed by atoms with E-state index in [1.165, 1.54) is 6.07 Å². The van der Waals surface area contributed by atoms with Crippen molar-refractivity contribution in [3.05, 3.63) is 27.7 Å². The molecule has 0 bridgehead atoms. The van der Waals surface area contributed by atoms with Gasteiger partial charge in [-0.2, -0.15) is 4.31 Å². The maximum atomic E-state index is 12.4. The van der Waals surface area contributed by atoms with E-state index in [-0.39, 0.29) is 4.90 Å². The molecular weight excluding hydrogens is 354 g/mol. The average Bonchev–Trinajstić information content (AvgIpc) is 2.32. The number of sulfonamides is 1. The van der Waals surface area contributed by atoms with E-state index in [2.05, 4.69) is 21.2 Å². The van der Waals surface area contributed by atoms with E-state index in [0.717, 1.165) is 18.2 Å². The van der Waals surface area contributed by atoms with Crippen molar-refractivity contribution in [3.8, 4) is 0 Å². The first-order valence-electron chi connectivity index (χ1n) is 5.88. The normalized spacial score (nSPS) is 12.4. The molecule has 0 aromatic heterocycles. The summed E-state index contributed by atoms with van der Waals surface area (Å²) in [5.41, 5.74) is 1.51. The topological polar surface area (TPSA) is 49.4 Å². The highest BCUT2D eigenvalue weighted by molar-refractivity contribution is 9.10. The highest BCUT2D eigenvalue weighted by atomic mass is 79.9. The van der Waals surface area contributed by atoms with Crippen LogP contribution in [-0.4, -0.2) is 39.8 Å². The maximum Gasteiger partial charge on any atom is 0.252 e. The molecule has 114 valence electrons. The van der Waals surface area contributed by atoms with Gasteiger partial charge in [0.25, 0.3) is 6.43 Å². The van der Waals surface area contributed by atoms with Gasteiger partial charge in [-0.3, -0.25) is 0 Å². The molecule has 20 heavy (non-hydrogen) atoms. The van der Waals surface area contributed by atoms with Crippen LogP contribution in [0, 0.1) is 6.92 Å². The van der Waals surface area contributed by atoms with Crippen LogP contribution >= 0.6 is 15.9 Å². The first-order valence-corrected chi connectivity index (χ1v) is 8.11. The Morgan fingerprint density at radius 1 is 1.40 bits per heavy atom. The van der Waals surface area contributed by atoms with E-state index < -0.39 is 23.0 Å². The zero-order valence-corrected chi connectivity index (χ0v) is 13.9. The third-order valence-corrected chi connectivity index (χ3v) is 5.91. The van der Waals surface area contributed by atoms with Gasteiger partial charge < -0.3 is 5.32 Å². The van der Waals surface area contributed by atoms with Crippen LogP contribution in [0.4, 0.5) is 8.78 Å². The number of hydrogen-bond donors (Lipinski definition) is 1. The molecule has 4 nitrogen and oxygen atoms in total. The largest absolute Gasteiger partial charge is 0.316 e. The zero-order chi connectivity index (χ0) is 15.5. The van der Waals surface area contributed by atoms with E-state index in [9.17, 15) is 17.2 Å². The second-order valence-corrected chi connectivity index (χ2v) is 7.24. The summed E-state index contributed by atoms with van der Waals surface area (Å²) in [5.74, 6) is 0. The van der Waals surface area contributed by atoms with Crippen LogP contribution in [0.3, 0.4) is 0 Å². The molecule has 1 aromatic rings. The van der Waals surface area contributed by atoms with Crippen LogP contribution in [0.2, 0.25) is 0 Å². The Hall–Kier alpha value is -0.570. The van der Waals surface area contributed by atoms with Crippen LogP contribution in [0.1, 0.15) is 11.1 Å². The Bertz CT molecular complexity index is 579. The molecule has 0 aliphatic carbocycles. The fourth-order valence-electron chi connectivity index (χ4n) is 1.76. The van der Waals surface area contributed by atoms with Crippen molar-refractivity contribution < 1.29 is 17.2 Å². The molecule has 0 radical (unpaired) electrons. The third-order valence-electron chi connectivity index (χ3n) is 2.75. The molecule has 0 atom stereocenters. The summed E-state index contributed by atoms with van der Waals surface area (Å²) in [6.07, 6.45) is -2.71. The van der Waals surface area contributed by atoms with Gasteiger partial charge in [-0.1, -0.05) is 6.07 Å². The van der Waals surface area contributed by atoms with Gasteiger partial charge in [0.1, 0.15) is 0 Å². The first-order chi connectivity index (χ1) is 9.20. The van der Waals surface area contributed by atoms with Crippen molar-refractivity contribution >= 4 is 26.0 Å². The summed E-state index contributed by atoms with van der Waals surface area (Å²) < 4.78 is 50.5. The van der Waals surface area contributed by atoms with Crippen molar-refractivity contribution in [2.24, 2.45) is 0 Å². The van der Waals surface area contributed by atoms with Crippen molar-refractivity contribution in [3.63, 3.8) is 0 Å². The Kier molecular flexibility index (Phi) is 6.06. The van der Waals surface area contributed by atoms with Gasteiger partial charge in [-0.25, -0.2) is 17.2 Å². The fourth-order valence-corrected chi connectivity index (χ4v) is 3.94. The van der Waals surface area contributed by atoms with Gasteiger partial charge in [-0.15, -0.1) is 0 Å². The Labute approximate surface area is 126 Å². The number of hydrogen-bond acceptors (Lipinski definition) is 3. The molecule has 0 aliphatic heterocycles. The molecule has 0 heterocycles. The Balaban J connectivity index is 3.29. The first kappa shape index (κ1) is 17.5. The van der Waals surface area contributed by atoms with Gasteiger partial charge in [0.05, 0.1) is 11.4 Å². The smallest absolute Gasteiger partial charge is 0.252 e. The fraction of sp³-hybridized carbons (Fsp3) is 0.500. The molecule has 1 N–H and O–H groups in total. The number of aryl methyl sites for hydroxylation is 1. The van der Waals surface area contributed by atoms with E-state index in [4.69, 9.17) is 0 Å². The molecule has 1 aromatic carbocycles. The highest BCUT2D eigenvalue weighted by Gasteiger charge is 2.26. The number of benzene rings is 1. The summed E-state index contributed by atoms with van der Waals surface area (Å²) in [5, 5.41) is 2.93. The SMILES string of the molecule is CNCc1cc(C)c(Br)c(S(=O)(=O)N(C)CC(F)F)c1. The minimum absolute atomic E-state index is 0.00546. The van der Waals surface area contributed by atoms with Crippen molar-refractivity contribution in [1.82, 2.24) is 9.62 Å². The molecule has 0 saturated heterocycles.